The molecule has 0 amide bonds. The normalized spacial score (nSPS) is 10.5. The fourth-order valence-electron chi connectivity index (χ4n) is 1.73. The predicted octanol–water partition coefficient (Wildman–Crippen LogP) is -0.813. The van der Waals surface area contributed by atoms with Gasteiger partial charge in [0.25, 0.3) is 5.69 Å². The third kappa shape index (κ3) is 19.9. The van der Waals surface area contributed by atoms with Crippen molar-refractivity contribution >= 4 is 29.6 Å². The molecule has 1 unspecified atom stereocenters. The van der Waals surface area contributed by atoms with Gasteiger partial charge in [0.15, 0.2) is 0 Å². The first-order valence-electron chi connectivity index (χ1n) is 9.11. The Bertz CT molecular complexity index is 737. The molecule has 0 saturated carbocycles. The topological polar surface area (TPSA) is 237 Å². The van der Waals surface area contributed by atoms with Gasteiger partial charge in [-0.05, 0) is 39.7 Å². The molecule has 1 aromatic carbocycles. The van der Waals surface area contributed by atoms with Gasteiger partial charge in [0, 0.05) is 12.6 Å². The zero-order valence-corrected chi connectivity index (χ0v) is 17.9. The lowest BCUT2D eigenvalue weighted by molar-refractivity contribution is -0.384. The van der Waals surface area contributed by atoms with Gasteiger partial charge in [-0.2, -0.15) is 0 Å². The van der Waals surface area contributed by atoms with Crippen molar-refractivity contribution in [2.24, 2.45) is 0 Å². The van der Waals surface area contributed by atoms with Crippen LogP contribution in [0, 0.1) is 10.1 Å². The molecule has 1 rings (SSSR count). The Kier molecular flexibility index (Phi) is 16.9. The predicted molar refractivity (Wildman–Crippen MR) is 111 cm³/mol. The van der Waals surface area contributed by atoms with Gasteiger partial charge < -0.3 is 40.5 Å². The number of non-ortho nitro benzene ring substituents is 1. The number of hydrogen-bond acceptors (Lipinski definition) is 10. The number of rotatable bonds is 10. The van der Waals surface area contributed by atoms with Crippen molar-refractivity contribution in [3.8, 4) is 5.75 Å². The minimum Gasteiger partial charge on any atom is -0.491 e. The summed E-state index contributed by atoms with van der Waals surface area (Å²) in [5.41, 5.74) is -0.0243. The second-order valence-corrected chi connectivity index (χ2v) is 6.30. The first-order valence-corrected chi connectivity index (χ1v) is 9.11. The minimum absolute atomic E-state index is 0.0243. The number of hydrogen-bond donors (Lipinski definition) is 6. The fourth-order valence-corrected chi connectivity index (χ4v) is 1.73. The summed E-state index contributed by atoms with van der Waals surface area (Å²) < 4.78 is 5.35. The lowest BCUT2D eigenvalue weighted by atomic mass is 10.3. The van der Waals surface area contributed by atoms with Crippen LogP contribution in [0.1, 0.15) is 6.42 Å². The second-order valence-electron chi connectivity index (χ2n) is 6.30. The molecule has 1 aromatic rings. The number of nitrogens with one attached hydrogen (secondary N) is 1. The van der Waals surface area contributed by atoms with E-state index in [1.807, 2.05) is 14.1 Å². The maximum absolute atomic E-state index is 10.6. The van der Waals surface area contributed by atoms with E-state index in [-0.39, 0.29) is 12.3 Å². The highest BCUT2D eigenvalue weighted by Crippen LogP contribution is 2.19. The van der Waals surface area contributed by atoms with E-state index in [4.69, 9.17) is 44.3 Å². The van der Waals surface area contributed by atoms with Crippen molar-refractivity contribution in [2.45, 2.75) is 12.5 Å². The molecule has 0 spiro atoms. The summed E-state index contributed by atoms with van der Waals surface area (Å²) in [7, 11) is 4.03. The zero-order chi connectivity index (χ0) is 26.0. The smallest absolute Gasteiger partial charge is 0.414 e. The lowest BCUT2D eigenvalue weighted by Crippen LogP contribution is -2.32. The van der Waals surface area contributed by atoms with Crippen molar-refractivity contribution < 1.29 is 54.4 Å². The fraction of sp³-hybridized carbons (Fsp3) is 0.444. The van der Waals surface area contributed by atoms with Gasteiger partial charge in [-0.15, -0.1) is 0 Å². The number of nitro benzene ring substituents is 1. The number of aliphatic hydroxyl groups excluding tert-OH is 1. The Labute approximate surface area is 188 Å². The van der Waals surface area contributed by atoms with E-state index >= 15 is 0 Å². The summed E-state index contributed by atoms with van der Waals surface area (Å²) in [4.78, 5) is 48.7. The maximum Gasteiger partial charge on any atom is 0.414 e. The van der Waals surface area contributed by atoms with Crippen LogP contribution in [0.15, 0.2) is 24.3 Å². The van der Waals surface area contributed by atoms with Crippen LogP contribution in [0.5, 0.6) is 5.75 Å². The Morgan fingerprint density at radius 3 is 2.00 bits per heavy atom. The van der Waals surface area contributed by atoms with Crippen molar-refractivity contribution in [1.82, 2.24) is 10.2 Å². The summed E-state index contributed by atoms with van der Waals surface area (Å²) in [6.07, 6.45) is 0.356. The van der Waals surface area contributed by atoms with Crippen LogP contribution >= 0.6 is 0 Å². The molecule has 33 heavy (non-hydrogen) atoms. The lowest BCUT2D eigenvalue weighted by Gasteiger charge is -2.14. The van der Waals surface area contributed by atoms with E-state index in [9.17, 15) is 15.2 Å². The van der Waals surface area contributed by atoms with Crippen molar-refractivity contribution in [2.75, 3.05) is 40.3 Å². The highest BCUT2D eigenvalue weighted by atomic mass is 16.6. The van der Waals surface area contributed by atoms with Crippen LogP contribution in [-0.4, -0.2) is 106 Å². The van der Waals surface area contributed by atoms with E-state index < -0.39 is 34.9 Å². The van der Waals surface area contributed by atoms with Crippen molar-refractivity contribution in [3.05, 3.63) is 34.4 Å². The number of nitrogens with zero attached hydrogens (tertiary/aromatic N) is 2. The van der Waals surface area contributed by atoms with Crippen LogP contribution in [-0.2, 0) is 19.2 Å². The average molecular weight is 477 g/mol. The van der Waals surface area contributed by atoms with E-state index in [1.54, 1.807) is 12.1 Å². The van der Waals surface area contributed by atoms with E-state index in [0.717, 1.165) is 19.5 Å². The third-order valence-corrected chi connectivity index (χ3v) is 3.18. The van der Waals surface area contributed by atoms with Gasteiger partial charge in [0.05, 0.1) is 11.0 Å². The van der Waals surface area contributed by atoms with Gasteiger partial charge in [-0.3, -0.25) is 10.1 Å². The molecule has 0 aliphatic carbocycles. The Morgan fingerprint density at radius 1 is 1.06 bits per heavy atom. The molecular weight excluding hydrogens is 450 g/mol. The molecule has 6 N–H and O–H groups in total. The maximum atomic E-state index is 10.6. The molecule has 0 heterocycles. The molecule has 1 atom stereocenters. The molecule has 186 valence electrons. The number of carbonyl (C=O) groups is 4. The van der Waals surface area contributed by atoms with Crippen LogP contribution in [0.3, 0.4) is 0 Å². The summed E-state index contributed by atoms with van der Waals surface area (Å²) in [6, 6.07) is 5.93. The molecule has 0 fully saturated rings. The number of carboxylic acids is 4. The Morgan fingerprint density at radius 2 is 1.58 bits per heavy atom. The molecule has 0 saturated heterocycles. The summed E-state index contributed by atoms with van der Waals surface area (Å²) in [5.74, 6) is -6.91. The van der Waals surface area contributed by atoms with Gasteiger partial charge in [-0.25, -0.2) is 19.2 Å². The first kappa shape index (κ1) is 31.4. The standard InChI is InChI=1S/C14H23N3O4.2C2H2O4/c1-16(2)8-4-7-15-10-13(18)11-21-14-6-3-5-12(9-14)17(19)20;2*3-1(4)2(5)6/h3,5-6,9,13,15,18H,4,7-8,10-11H2,1-2H3;2*(H,3,4)(H,5,6). The molecule has 0 aromatic heterocycles. The molecule has 15 nitrogen and oxygen atoms in total. The highest BCUT2D eigenvalue weighted by Gasteiger charge is 2.09. The molecule has 0 aliphatic heterocycles. The van der Waals surface area contributed by atoms with E-state index in [1.165, 1.54) is 12.1 Å². The molecule has 0 bridgehead atoms. The van der Waals surface area contributed by atoms with Crippen LogP contribution in [0.25, 0.3) is 0 Å². The number of aliphatic hydroxyl groups is 1. The van der Waals surface area contributed by atoms with Gasteiger partial charge in [-0.1, -0.05) is 6.07 Å². The quantitative estimate of drug-likeness (QED) is 0.105. The summed E-state index contributed by atoms with van der Waals surface area (Å²) in [6.45, 7) is 2.35. The number of carboxylic acid groups (broad SMARTS) is 4. The third-order valence-electron chi connectivity index (χ3n) is 3.18. The first-order chi connectivity index (χ1) is 15.3. The van der Waals surface area contributed by atoms with Gasteiger partial charge >= 0.3 is 23.9 Å². The van der Waals surface area contributed by atoms with Crippen molar-refractivity contribution in [1.29, 1.82) is 0 Å². The SMILES string of the molecule is CN(C)CCCNCC(O)COc1cccc([N+](=O)[O-])c1.O=C(O)C(=O)O.O=C(O)C(=O)O. The summed E-state index contributed by atoms with van der Waals surface area (Å²) >= 11 is 0. The number of ether oxygens (including phenoxy) is 1. The van der Waals surface area contributed by atoms with Crippen LogP contribution < -0.4 is 10.1 Å². The summed E-state index contributed by atoms with van der Waals surface area (Å²) in [5, 5.41) is 53.1. The second kappa shape index (κ2) is 17.8. The Hall–Kier alpha value is -3.82. The molecular formula is C18H27N3O12. The zero-order valence-electron chi connectivity index (χ0n) is 17.9. The number of nitro groups is 1. The van der Waals surface area contributed by atoms with Gasteiger partial charge in [0.2, 0.25) is 0 Å². The van der Waals surface area contributed by atoms with E-state index in [0.29, 0.717) is 12.3 Å². The Balaban J connectivity index is 0. The molecule has 0 radical (unpaired) electrons. The largest absolute Gasteiger partial charge is 0.491 e. The highest BCUT2D eigenvalue weighted by molar-refractivity contribution is 6.27. The van der Waals surface area contributed by atoms with Crippen LogP contribution in [0.4, 0.5) is 5.69 Å². The van der Waals surface area contributed by atoms with E-state index in [2.05, 4.69) is 10.2 Å². The van der Waals surface area contributed by atoms with Crippen LogP contribution in [0.2, 0.25) is 0 Å². The average Bonchev–Trinajstić information content (AvgIpc) is 2.72. The molecule has 0 aliphatic rings. The minimum atomic E-state index is -1.82. The monoisotopic (exact) mass is 477 g/mol. The number of aliphatic carboxylic acids is 4. The van der Waals surface area contributed by atoms with Crippen molar-refractivity contribution in [3.63, 3.8) is 0 Å². The van der Waals surface area contributed by atoms with Gasteiger partial charge in [0.1, 0.15) is 18.5 Å². The molecule has 15 heteroatoms. The number of benzene rings is 1.